The van der Waals surface area contributed by atoms with Crippen molar-refractivity contribution in [2.45, 2.75) is 23.8 Å². The molecule has 148 valence electrons. The zero-order chi connectivity index (χ0) is 19.1. The number of nitrogens with zero attached hydrogens (tertiary/aromatic N) is 2. The summed E-state index contributed by atoms with van der Waals surface area (Å²) in [7, 11) is 0. The fourth-order valence-corrected chi connectivity index (χ4v) is 5.33. The van der Waals surface area contributed by atoms with Gasteiger partial charge in [0.1, 0.15) is 10.6 Å². The molecule has 1 saturated heterocycles. The molecule has 1 unspecified atom stereocenters. The van der Waals surface area contributed by atoms with Crippen molar-refractivity contribution in [3.8, 4) is 5.75 Å². The Morgan fingerprint density at radius 1 is 1.43 bits per heavy atom. The third kappa shape index (κ3) is 3.21. The molecule has 3 aliphatic heterocycles. The maximum Gasteiger partial charge on any atom is 0.322 e. The highest BCUT2D eigenvalue weighted by Gasteiger charge is 2.35. The highest BCUT2D eigenvalue weighted by Crippen LogP contribution is 2.36. The largest absolute Gasteiger partial charge is 0.493 e. The summed E-state index contributed by atoms with van der Waals surface area (Å²) < 4.78 is 11.9. The summed E-state index contributed by atoms with van der Waals surface area (Å²) in [5.74, 6) is 0.906. The fourth-order valence-electron chi connectivity index (χ4n) is 3.76. The Morgan fingerprint density at radius 3 is 3.04 bits per heavy atom. The molecule has 1 aromatic heterocycles. The smallest absolute Gasteiger partial charge is 0.322 e. The van der Waals surface area contributed by atoms with Gasteiger partial charge in [-0.3, -0.25) is 5.32 Å². The van der Waals surface area contributed by atoms with Crippen molar-refractivity contribution in [2.75, 3.05) is 37.9 Å². The van der Waals surface area contributed by atoms with Gasteiger partial charge in [-0.15, -0.1) is 11.8 Å². The molecule has 0 spiro atoms. The van der Waals surface area contributed by atoms with Gasteiger partial charge in [0.2, 0.25) is 0 Å². The molecule has 0 bridgehead atoms. The van der Waals surface area contributed by atoms with Gasteiger partial charge in [0.15, 0.2) is 5.13 Å². The molecule has 7 nitrogen and oxygen atoms in total. The van der Waals surface area contributed by atoms with E-state index in [4.69, 9.17) is 9.47 Å². The van der Waals surface area contributed by atoms with Crippen molar-refractivity contribution in [1.29, 1.82) is 0 Å². The summed E-state index contributed by atoms with van der Waals surface area (Å²) in [5, 5.41) is 6.66. The summed E-state index contributed by atoms with van der Waals surface area (Å²) in [6.07, 6.45) is 7.91. The summed E-state index contributed by atoms with van der Waals surface area (Å²) in [6, 6.07) is 4.23. The van der Waals surface area contributed by atoms with Gasteiger partial charge in [0, 0.05) is 24.9 Å². The second kappa shape index (κ2) is 7.13. The van der Waals surface area contributed by atoms with Gasteiger partial charge in [-0.2, -0.15) is 0 Å². The van der Waals surface area contributed by atoms with E-state index >= 15 is 0 Å². The highest BCUT2D eigenvalue weighted by atomic mass is 32.2. The number of amides is 2. The molecule has 2 aromatic rings. The maximum absolute atomic E-state index is 12.7. The number of urea groups is 1. The molecule has 5 rings (SSSR count). The van der Waals surface area contributed by atoms with Crippen molar-refractivity contribution < 1.29 is 14.3 Å². The number of fused-ring (bicyclic) bond motifs is 3. The average Bonchev–Trinajstić information content (AvgIpc) is 3.27. The van der Waals surface area contributed by atoms with Crippen LogP contribution in [0.2, 0.25) is 0 Å². The SMILES string of the molecule is CSC1(NC(=O)Nc2nc3c4c(ccc3s2)OCC4)C=CN(C2COC2)CC1. The monoisotopic (exact) mass is 418 g/mol. The molecule has 28 heavy (non-hydrogen) atoms. The number of nitrogens with one attached hydrogen (secondary N) is 2. The minimum atomic E-state index is -0.406. The number of carbonyl (C=O) groups is 1. The first-order valence-corrected chi connectivity index (χ1v) is 11.4. The lowest BCUT2D eigenvalue weighted by molar-refractivity contribution is -0.0508. The number of hydrogen-bond donors (Lipinski definition) is 2. The molecule has 1 fully saturated rings. The number of rotatable bonds is 4. The van der Waals surface area contributed by atoms with Crippen molar-refractivity contribution in [1.82, 2.24) is 15.2 Å². The fraction of sp³-hybridized carbons (Fsp3) is 0.474. The average molecular weight is 419 g/mol. The standard InChI is InChI=1S/C19H22N4O3S2/c1-27-19(5-7-23(8-6-19)12-10-25-11-12)22-17(24)21-18-20-16-13-4-9-26-14(13)2-3-15(16)28-18/h2-3,5,7,12H,4,6,8-11H2,1H3,(H2,20,21,22,24). The van der Waals surface area contributed by atoms with Crippen molar-refractivity contribution >= 4 is 44.5 Å². The lowest BCUT2D eigenvalue weighted by Gasteiger charge is -2.42. The number of ether oxygens (including phenoxy) is 2. The molecular formula is C19H22N4O3S2. The molecular weight excluding hydrogens is 396 g/mol. The molecule has 1 aromatic carbocycles. The number of hydrogen-bond acceptors (Lipinski definition) is 7. The summed E-state index contributed by atoms with van der Waals surface area (Å²) in [5.41, 5.74) is 2.07. The van der Waals surface area contributed by atoms with Crippen LogP contribution < -0.4 is 15.4 Å². The second-order valence-corrected chi connectivity index (χ2v) is 9.34. The van der Waals surface area contributed by atoms with E-state index in [1.54, 1.807) is 11.8 Å². The topological polar surface area (TPSA) is 75.7 Å². The van der Waals surface area contributed by atoms with E-state index in [2.05, 4.69) is 32.8 Å². The zero-order valence-electron chi connectivity index (χ0n) is 15.6. The van der Waals surface area contributed by atoms with Gasteiger partial charge in [-0.05, 0) is 30.7 Å². The molecule has 2 amide bonds. The lowest BCUT2D eigenvalue weighted by Crippen LogP contribution is -2.54. The number of aromatic nitrogens is 1. The third-order valence-corrected chi connectivity index (χ3v) is 7.62. The van der Waals surface area contributed by atoms with Crippen LogP contribution in [-0.2, 0) is 11.2 Å². The van der Waals surface area contributed by atoms with E-state index in [1.807, 2.05) is 18.4 Å². The number of thiazole rings is 1. The van der Waals surface area contributed by atoms with Crippen LogP contribution >= 0.6 is 23.1 Å². The van der Waals surface area contributed by atoms with Gasteiger partial charge < -0.3 is 19.7 Å². The molecule has 0 radical (unpaired) electrons. The Hall–Kier alpha value is -1.97. The summed E-state index contributed by atoms with van der Waals surface area (Å²) in [6.45, 7) is 3.18. The van der Waals surface area contributed by atoms with Crippen LogP contribution in [-0.4, -0.2) is 59.4 Å². The molecule has 2 N–H and O–H groups in total. The first-order valence-electron chi connectivity index (χ1n) is 9.38. The normalized spacial score (nSPS) is 24.0. The minimum Gasteiger partial charge on any atom is -0.493 e. The van der Waals surface area contributed by atoms with Crippen LogP contribution in [0.5, 0.6) is 5.75 Å². The van der Waals surface area contributed by atoms with Gasteiger partial charge in [0.25, 0.3) is 0 Å². The van der Waals surface area contributed by atoms with Crippen LogP contribution in [0.3, 0.4) is 0 Å². The van der Waals surface area contributed by atoms with E-state index < -0.39 is 4.87 Å². The van der Waals surface area contributed by atoms with Gasteiger partial charge in [-0.1, -0.05) is 11.3 Å². The molecule has 9 heteroatoms. The van der Waals surface area contributed by atoms with E-state index in [1.165, 1.54) is 11.3 Å². The number of carbonyl (C=O) groups excluding carboxylic acids is 1. The van der Waals surface area contributed by atoms with Gasteiger partial charge in [-0.25, -0.2) is 9.78 Å². The Bertz CT molecular complexity index is 943. The second-order valence-electron chi connectivity index (χ2n) is 7.17. The Labute approximate surface area is 171 Å². The summed E-state index contributed by atoms with van der Waals surface area (Å²) >= 11 is 3.13. The predicted molar refractivity (Wildman–Crippen MR) is 112 cm³/mol. The lowest BCUT2D eigenvalue weighted by atomic mass is 10.1. The molecule has 3 aliphatic rings. The molecule has 0 aliphatic carbocycles. The first kappa shape index (κ1) is 18.1. The predicted octanol–water partition coefficient (Wildman–Crippen LogP) is 3.03. The van der Waals surface area contributed by atoms with Gasteiger partial charge in [0.05, 0.1) is 36.1 Å². The van der Waals surface area contributed by atoms with Crippen molar-refractivity contribution in [3.63, 3.8) is 0 Å². The van der Waals surface area contributed by atoms with Crippen LogP contribution in [0.25, 0.3) is 10.2 Å². The van der Waals surface area contributed by atoms with E-state index in [9.17, 15) is 4.79 Å². The number of anilines is 1. The van der Waals surface area contributed by atoms with E-state index in [-0.39, 0.29) is 6.03 Å². The van der Waals surface area contributed by atoms with Crippen LogP contribution in [0, 0.1) is 0 Å². The quantitative estimate of drug-likeness (QED) is 0.744. The molecule has 1 atom stereocenters. The van der Waals surface area contributed by atoms with Crippen LogP contribution in [0.15, 0.2) is 24.4 Å². The van der Waals surface area contributed by atoms with Gasteiger partial charge >= 0.3 is 6.03 Å². The zero-order valence-corrected chi connectivity index (χ0v) is 17.2. The van der Waals surface area contributed by atoms with E-state index in [0.717, 1.165) is 54.1 Å². The maximum atomic E-state index is 12.7. The van der Waals surface area contributed by atoms with Crippen LogP contribution in [0.4, 0.5) is 9.93 Å². The third-order valence-electron chi connectivity index (χ3n) is 5.51. The Kier molecular flexibility index (Phi) is 4.60. The summed E-state index contributed by atoms with van der Waals surface area (Å²) in [4.78, 5) is 19.2. The van der Waals surface area contributed by atoms with E-state index in [0.29, 0.717) is 17.8 Å². The Balaban J connectivity index is 1.28. The molecule has 0 saturated carbocycles. The Morgan fingerprint density at radius 2 is 2.32 bits per heavy atom. The number of benzene rings is 1. The van der Waals surface area contributed by atoms with Crippen molar-refractivity contribution in [2.24, 2.45) is 0 Å². The number of thioether (sulfide) groups is 1. The molecule has 4 heterocycles. The minimum absolute atomic E-state index is 0.230. The van der Waals surface area contributed by atoms with Crippen LogP contribution in [0.1, 0.15) is 12.0 Å². The highest BCUT2D eigenvalue weighted by molar-refractivity contribution is 8.00. The van der Waals surface area contributed by atoms with Crippen molar-refractivity contribution in [3.05, 3.63) is 30.0 Å². The first-order chi connectivity index (χ1) is 13.7.